The second-order valence-corrected chi connectivity index (χ2v) is 2.55. The van der Waals surface area contributed by atoms with Crippen molar-refractivity contribution in [1.29, 1.82) is 0 Å². The lowest BCUT2D eigenvalue weighted by Gasteiger charge is -1.90. The van der Waals surface area contributed by atoms with E-state index >= 15 is 0 Å². The molecule has 6 heavy (non-hydrogen) atoms. The van der Waals surface area contributed by atoms with E-state index in [0.29, 0.717) is 0 Å². The zero-order valence-electron chi connectivity index (χ0n) is 3.99. The topological polar surface area (TPSA) is 38.0 Å². The third-order valence-electron chi connectivity index (χ3n) is 0.477. The minimum Gasteiger partial charge on any atom is -0.271 e. The van der Waals surface area contributed by atoms with Gasteiger partial charge in [-0.1, -0.05) is 6.92 Å². The van der Waals surface area contributed by atoms with Crippen LogP contribution in [0.3, 0.4) is 0 Å². The number of nitrogens with two attached hydrogens (primary N) is 1. The standard InChI is InChI=1S/C3H11N2P/c1-2-6-3-5-4/h5-6H,2-4H2,1H3. The Hall–Kier alpha value is 0.350. The van der Waals surface area contributed by atoms with Gasteiger partial charge in [-0.2, -0.15) is 0 Å². The van der Waals surface area contributed by atoms with Crippen LogP contribution in [0.15, 0.2) is 0 Å². The van der Waals surface area contributed by atoms with Crippen molar-refractivity contribution >= 4 is 8.58 Å². The number of rotatable bonds is 3. The molecule has 3 N–H and O–H groups in total. The minimum absolute atomic E-state index is 0.969. The molecule has 1 atom stereocenters. The quantitative estimate of drug-likeness (QED) is 0.232. The van der Waals surface area contributed by atoms with E-state index in [2.05, 4.69) is 12.3 Å². The number of hydrogen-bond donors (Lipinski definition) is 2. The summed E-state index contributed by atoms with van der Waals surface area (Å²) in [5, 5.41) is 0. The van der Waals surface area contributed by atoms with Crippen LogP contribution in [0.1, 0.15) is 6.92 Å². The van der Waals surface area contributed by atoms with Gasteiger partial charge in [-0.3, -0.25) is 11.3 Å². The maximum Gasteiger partial charge on any atom is 0.0269 e. The van der Waals surface area contributed by atoms with Crippen LogP contribution in [-0.2, 0) is 0 Å². The molecule has 3 heteroatoms. The first-order valence-corrected chi connectivity index (χ1v) is 3.47. The summed E-state index contributed by atoms with van der Waals surface area (Å²) >= 11 is 0. The number of hydrazine groups is 1. The molecule has 0 heterocycles. The Morgan fingerprint density at radius 1 is 1.83 bits per heavy atom. The zero-order valence-corrected chi connectivity index (χ0v) is 4.99. The first-order chi connectivity index (χ1) is 2.91. The van der Waals surface area contributed by atoms with Crippen molar-refractivity contribution in [3.8, 4) is 0 Å². The van der Waals surface area contributed by atoms with Gasteiger partial charge in [0, 0.05) is 6.29 Å². The minimum atomic E-state index is 0.969. The Kier molecular flexibility index (Phi) is 5.66. The molecular weight excluding hydrogens is 95.0 g/mol. The summed E-state index contributed by atoms with van der Waals surface area (Å²) in [5.41, 5.74) is 2.58. The molecule has 0 aliphatic carbocycles. The van der Waals surface area contributed by atoms with Crippen LogP contribution < -0.4 is 11.3 Å². The normalized spacial score (nSPS) is 11.0. The van der Waals surface area contributed by atoms with Crippen LogP contribution in [0.5, 0.6) is 0 Å². The van der Waals surface area contributed by atoms with Crippen molar-refractivity contribution in [3.05, 3.63) is 0 Å². The summed E-state index contributed by atoms with van der Waals surface area (Å²) in [4.78, 5) is 0. The smallest absolute Gasteiger partial charge is 0.0269 e. The Morgan fingerprint density at radius 2 is 2.50 bits per heavy atom. The maximum atomic E-state index is 4.97. The van der Waals surface area contributed by atoms with Crippen molar-refractivity contribution in [1.82, 2.24) is 5.43 Å². The second kappa shape index (κ2) is 5.35. The fourth-order valence-electron chi connectivity index (χ4n) is 0.197. The highest BCUT2D eigenvalue weighted by Gasteiger charge is 1.72. The fraction of sp³-hybridized carbons (Fsp3) is 1.00. The van der Waals surface area contributed by atoms with Gasteiger partial charge in [-0.05, 0) is 6.16 Å². The summed E-state index contributed by atoms with van der Waals surface area (Å²) < 4.78 is 0. The molecule has 1 unspecified atom stereocenters. The van der Waals surface area contributed by atoms with E-state index in [9.17, 15) is 0 Å². The predicted octanol–water partition coefficient (Wildman–Crippen LogP) is 0.106. The molecule has 2 nitrogen and oxygen atoms in total. The van der Waals surface area contributed by atoms with Crippen LogP contribution in [0.4, 0.5) is 0 Å². The van der Waals surface area contributed by atoms with E-state index in [0.717, 1.165) is 14.9 Å². The molecule has 0 aromatic heterocycles. The van der Waals surface area contributed by atoms with Crippen molar-refractivity contribution in [2.75, 3.05) is 12.4 Å². The van der Waals surface area contributed by atoms with Gasteiger partial charge >= 0.3 is 0 Å². The summed E-state index contributed by atoms with van der Waals surface area (Å²) in [6, 6.07) is 0. The van der Waals surface area contributed by atoms with E-state index < -0.39 is 0 Å². The van der Waals surface area contributed by atoms with Crippen LogP contribution in [0.25, 0.3) is 0 Å². The average molecular weight is 106 g/mol. The van der Waals surface area contributed by atoms with E-state index in [-0.39, 0.29) is 0 Å². The Morgan fingerprint density at radius 3 is 2.67 bits per heavy atom. The Bertz CT molecular complexity index is 20.8. The van der Waals surface area contributed by atoms with Crippen molar-refractivity contribution in [2.24, 2.45) is 5.84 Å². The SMILES string of the molecule is CCPCNN. The first-order valence-electron chi connectivity index (χ1n) is 2.06. The summed E-state index contributed by atoms with van der Waals surface area (Å²) in [5.74, 6) is 4.97. The molecule has 0 amide bonds. The molecule has 0 radical (unpaired) electrons. The Balaban J connectivity index is 2.34. The predicted molar refractivity (Wildman–Crippen MR) is 31.0 cm³/mol. The van der Waals surface area contributed by atoms with E-state index in [1.54, 1.807) is 0 Å². The highest BCUT2D eigenvalue weighted by molar-refractivity contribution is 7.37. The van der Waals surface area contributed by atoms with Crippen LogP contribution in [0.2, 0.25) is 0 Å². The largest absolute Gasteiger partial charge is 0.271 e. The summed E-state index contributed by atoms with van der Waals surface area (Å²) in [7, 11) is 0.979. The molecule has 0 rings (SSSR count). The number of nitrogens with one attached hydrogen (secondary N) is 1. The monoisotopic (exact) mass is 106 g/mol. The highest BCUT2D eigenvalue weighted by Crippen LogP contribution is 2.01. The van der Waals surface area contributed by atoms with Gasteiger partial charge in [0.2, 0.25) is 0 Å². The molecule has 0 aromatic rings. The van der Waals surface area contributed by atoms with Gasteiger partial charge in [0.25, 0.3) is 0 Å². The lowest BCUT2D eigenvalue weighted by atomic mass is 11.0. The third kappa shape index (κ3) is 4.35. The average Bonchev–Trinajstić information content (AvgIpc) is 1.61. The molecule has 0 saturated heterocycles. The summed E-state index contributed by atoms with van der Waals surface area (Å²) in [6.45, 7) is 2.15. The van der Waals surface area contributed by atoms with E-state index in [4.69, 9.17) is 5.84 Å². The van der Waals surface area contributed by atoms with Crippen molar-refractivity contribution in [3.63, 3.8) is 0 Å². The highest BCUT2D eigenvalue weighted by atomic mass is 31.1. The lowest BCUT2D eigenvalue weighted by molar-refractivity contribution is 0.867. The van der Waals surface area contributed by atoms with E-state index in [1.807, 2.05) is 0 Å². The van der Waals surface area contributed by atoms with Gasteiger partial charge in [-0.25, -0.2) is 0 Å². The molecule has 0 bridgehead atoms. The van der Waals surface area contributed by atoms with Crippen molar-refractivity contribution in [2.45, 2.75) is 6.92 Å². The molecule has 0 fully saturated rings. The molecule has 0 aliphatic rings. The van der Waals surface area contributed by atoms with Gasteiger partial charge in [0.1, 0.15) is 0 Å². The maximum absolute atomic E-state index is 4.97. The van der Waals surface area contributed by atoms with Crippen molar-refractivity contribution < 1.29 is 0 Å². The molecule has 0 aliphatic heterocycles. The third-order valence-corrected chi connectivity index (χ3v) is 1.43. The first kappa shape index (κ1) is 6.35. The zero-order chi connectivity index (χ0) is 4.83. The van der Waals surface area contributed by atoms with Crippen LogP contribution >= 0.6 is 8.58 Å². The van der Waals surface area contributed by atoms with Crippen LogP contribution in [-0.4, -0.2) is 12.4 Å². The van der Waals surface area contributed by atoms with Gasteiger partial charge in [0.05, 0.1) is 0 Å². The Labute approximate surface area is 40.2 Å². The molecular formula is C3H11N2P. The lowest BCUT2D eigenvalue weighted by Crippen LogP contribution is -2.19. The van der Waals surface area contributed by atoms with Gasteiger partial charge in [-0.15, -0.1) is 8.58 Å². The second-order valence-electron chi connectivity index (χ2n) is 0.984. The molecule has 0 saturated carbocycles. The van der Waals surface area contributed by atoms with Crippen LogP contribution in [0, 0.1) is 0 Å². The van der Waals surface area contributed by atoms with Gasteiger partial charge in [0.15, 0.2) is 0 Å². The number of hydrogen-bond acceptors (Lipinski definition) is 2. The molecule has 0 spiro atoms. The molecule has 38 valence electrons. The van der Waals surface area contributed by atoms with Gasteiger partial charge < -0.3 is 0 Å². The summed E-state index contributed by atoms with van der Waals surface area (Å²) in [6.07, 6.45) is 2.21. The van der Waals surface area contributed by atoms with E-state index in [1.165, 1.54) is 6.16 Å². The fourth-order valence-corrected chi connectivity index (χ4v) is 0.592. The molecule has 0 aromatic carbocycles.